The summed E-state index contributed by atoms with van der Waals surface area (Å²) in [4.78, 5) is 0. The summed E-state index contributed by atoms with van der Waals surface area (Å²) in [6.07, 6.45) is 0. The van der Waals surface area contributed by atoms with Crippen LogP contribution in [0, 0.1) is 0 Å². The van der Waals surface area contributed by atoms with E-state index < -0.39 is 5.41 Å². The zero-order chi connectivity index (χ0) is 31.1. The van der Waals surface area contributed by atoms with Crippen molar-refractivity contribution in [1.29, 1.82) is 0 Å². The Hall–Kier alpha value is -5.36. The van der Waals surface area contributed by atoms with Gasteiger partial charge in [-0.25, -0.2) is 0 Å². The van der Waals surface area contributed by atoms with Crippen molar-refractivity contribution in [2.24, 2.45) is 0 Å². The number of benzene rings is 6. The monoisotopic (exact) mass is 604 g/mol. The van der Waals surface area contributed by atoms with Crippen LogP contribution in [0.4, 0.5) is 0 Å². The molecule has 5 heteroatoms. The summed E-state index contributed by atoms with van der Waals surface area (Å²) in [5.74, 6) is 1.41. The fraction of sp³-hybridized carbons (Fsp3) is 0.122. The number of fused-ring (bicyclic) bond motifs is 6. The minimum Gasteiger partial charge on any atom is -0.491 e. The Labute approximate surface area is 266 Å². The second kappa shape index (κ2) is 11.5. The average molecular weight is 605 g/mol. The first-order valence-corrected chi connectivity index (χ1v) is 15.6. The van der Waals surface area contributed by atoms with Crippen molar-refractivity contribution in [2.45, 2.75) is 5.41 Å². The van der Waals surface area contributed by atoms with Gasteiger partial charge in [0.25, 0.3) is 0 Å². The molecule has 0 fully saturated rings. The van der Waals surface area contributed by atoms with Gasteiger partial charge < -0.3 is 24.1 Å². The lowest BCUT2D eigenvalue weighted by Gasteiger charge is -2.34. The maximum absolute atomic E-state index is 9.31. The van der Waals surface area contributed by atoms with Crippen LogP contribution in [-0.2, 0) is 5.41 Å². The second-order valence-electron chi connectivity index (χ2n) is 11.5. The Morgan fingerprint density at radius 1 is 0.522 bits per heavy atom. The molecule has 6 aromatic carbocycles. The Kier molecular flexibility index (Phi) is 7.05. The van der Waals surface area contributed by atoms with E-state index in [2.05, 4.69) is 91.0 Å². The van der Waals surface area contributed by atoms with E-state index in [-0.39, 0.29) is 26.4 Å². The molecule has 0 saturated carbocycles. The third-order valence-corrected chi connectivity index (χ3v) is 9.05. The fourth-order valence-electron chi connectivity index (χ4n) is 7.14. The summed E-state index contributed by atoms with van der Waals surface area (Å²) >= 11 is 0. The molecule has 2 N–H and O–H groups in total. The van der Waals surface area contributed by atoms with Crippen LogP contribution >= 0.6 is 0 Å². The van der Waals surface area contributed by atoms with Crippen molar-refractivity contribution in [3.05, 3.63) is 156 Å². The number of rotatable bonds is 9. The molecular weight excluding hydrogens is 572 g/mol. The minimum atomic E-state index is -0.644. The molecule has 8 rings (SSSR count). The maximum atomic E-state index is 9.31. The third kappa shape index (κ3) is 4.39. The van der Waals surface area contributed by atoms with Crippen LogP contribution in [0.2, 0.25) is 0 Å². The largest absolute Gasteiger partial charge is 0.491 e. The number of aliphatic hydroxyl groups is 2. The number of hydrogen-bond donors (Lipinski definition) is 2. The van der Waals surface area contributed by atoms with Gasteiger partial charge in [0.15, 0.2) is 0 Å². The van der Waals surface area contributed by atoms with Gasteiger partial charge in [0.1, 0.15) is 35.9 Å². The van der Waals surface area contributed by atoms with Crippen molar-refractivity contribution in [3.8, 4) is 33.8 Å². The molecule has 226 valence electrons. The van der Waals surface area contributed by atoms with Gasteiger partial charge in [-0.3, -0.25) is 0 Å². The predicted molar refractivity (Wildman–Crippen MR) is 182 cm³/mol. The zero-order valence-electron chi connectivity index (χ0n) is 25.1. The highest BCUT2D eigenvalue weighted by atomic mass is 16.5. The van der Waals surface area contributed by atoms with E-state index in [1.807, 2.05) is 42.5 Å². The van der Waals surface area contributed by atoms with Crippen molar-refractivity contribution >= 4 is 21.9 Å². The quantitative estimate of drug-likeness (QED) is 0.173. The van der Waals surface area contributed by atoms with Crippen LogP contribution in [0.15, 0.2) is 138 Å². The van der Waals surface area contributed by atoms with Gasteiger partial charge in [-0.15, -0.1) is 0 Å². The third-order valence-electron chi connectivity index (χ3n) is 9.05. The summed E-state index contributed by atoms with van der Waals surface area (Å²) in [5.41, 5.74) is 10.1. The summed E-state index contributed by atoms with van der Waals surface area (Å²) in [5, 5.41) is 20.8. The molecule has 0 radical (unpaired) electrons. The molecule has 1 heterocycles. The van der Waals surface area contributed by atoms with Crippen LogP contribution in [0.5, 0.6) is 11.5 Å². The summed E-state index contributed by atoms with van der Waals surface area (Å²) in [6, 6.07) is 46.3. The van der Waals surface area contributed by atoms with Gasteiger partial charge in [0.05, 0.1) is 18.6 Å². The van der Waals surface area contributed by atoms with Gasteiger partial charge in [-0.05, 0) is 75.3 Å². The Balaban J connectivity index is 1.38. The number of furan rings is 1. The molecule has 1 aliphatic carbocycles. The topological polar surface area (TPSA) is 72.1 Å². The first-order valence-electron chi connectivity index (χ1n) is 15.6. The number of ether oxygens (including phenoxy) is 2. The molecule has 5 nitrogen and oxygen atoms in total. The van der Waals surface area contributed by atoms with Crippen molar-refractivity contribution in [3.63, 3.8) is 0 Å². The van der Waals surface area contributed by atoms with Crippen LogP contribution < -0.4 is 9.47 Å². The first-order chi connectivity index (χ1) is 22.7. The molecule has 0 amide bonds. The highest BCUT2D eigenvalue weighted by Gasteiger charge is 2.46. The Bertz CT molecular complexity index is 2130. The molecule has 7 aromatic rings. The van der Waals surface area contributed by atoms with Crippen molar-refractivity contribution in [2.75, 3.05) is 26.4 Å². The summed E-state index contributed by atoms with van der Waals surface area (Å²) in [7, 11) is 0. The molecule has 1 aliphatic rings. The molecule has 0 atom stereocenters. The fourth-order valence-corrected chi connectivity index (χ4v) is 7.14. The summed E-state index contributed by atoms with van der Waals surface area (Å²) < 4.78 is 18.0. The Morgan fingerprint density at radius 2 is 1.11 bits per heavy atom. The minimum absolute atomic E-state index is 0.0437. The number of para-hydroxylation sites is 2. The van der Waals surface area contributed by atoms with Gasteiger partial charge in [0, 0.05) is 16.3 Å². The van der Waals surface area contributed by atoms with Crippen LogP contribution in [0.1, 0.15) is 22.3 Å². The van der Waals surface area contributed by atoms with Crippen molar-refractivity contribution in [1.82, 2.24) is 0 Å². The zero-order valence-corrected chi connectivity index (χ0v) is 25.1. The Morgan fingerprint density at radius 3 is 1.80 bits per heavy atom. The highest BCUT2D eigenvalue weighted by Crippen LogP contribution is 2.57. The van der Waals surface area contributed by atoms with Gasteiger partial charge >= 0.3 is 0 Å². The molecule has 0 bridgehead atoms. The molecule has 0 spiro atoms. The van der Waals surface area contributed by atoms with Gasteiger partial charge in [-0.1, -0.05) is 97.1 Å². The van der Waals surface area contributed by atoms with Crippen LogP contribution in [0.3, 0.4) is 0 Å². The molecule has 0 aliphatic heterocycles. The van der Waals surface area contributed by atoms with E-state index in [1.54, 1.807) is 0 Å². The number of hydrogen-bond acceptors (Lipinski definition) is 5. The first kappa shape index (κ1) is 28.1. The molecule has 0 unspecified atom stereocenters. The van der Waals surface area contributed by atoms with Crippen LogP contribution in [0.25, 0.3) is 44.2 Å². The second-order valence-corrected chi connectivity index (χ2v) is 11.5. The summed E-state index contributed by atoms with van der Waals surface area (Å²) in [6.45, 7) is 0.389. The van der Waals surface area contributed by atoms with E-state index in [1.165, 1.54) is 22.3 Å². The van der Waals surface area contributed by atoms with Gasteiger partial charge in [-0.2, -0.15) is 0 Å². The van der Waals surface area contributed by atoms with E-state index in [0.717, 1.165) is 44.2 Å². The molecule has 46 heavy (non-hydrogen) atoms. The molecule has 0 saturated heterocycles. The lowest BCUT2D eigenvalue weighted by atomic mass is 9.67. The lowest BCUT2D eigenvalue weighted by molar-refractivity contribution is 0.201. The lowest BCUT2D eigenvalue weighted by Crippen LogP contribution is -2.28. The van der Waals surface area contributed by atoms with E-state index >= 15 is 0 Å². The number of aliphatic hydroxyl groups excluding tert-OH is 2. The molecular formula is C41H32O5. The highest BCUT2D eigenvalue weighted by molar-refractivity contribution is 6.09. The van der Waals surface area contributed by atoms with E-state index in [4.69, 9.17) is 13.9 Å². The maximum Gasteiger partial charge on any atom is 0.143 e. The SMILES string of the molecule is OCCOc1ccc(C2(c3ccc(OCCO)cc3)c3ccccc3-c3ccc(-c4cccc5c4oc4ccccc45)cc32)cc1. The van der Waals surface area contributed by atoms with E-state index in [9.17, 15) is 10.2 Å². The smallest absolute Gasteiger partial charge is 0.143 e. The average Bonchev–Trinajstić information content (AvgIpc) is 3.64. The van der Waals surface area contributed by atoms with E-state index in [0.29, 0.717) is 11.5 Å². The van der Waals surface area contributed by atoms with Crippen LogP contribution in [-0.4, -0.2) is 36.6 Å². The predicted octanol–water partition coefficient (Wildman–Crippen LogP) is 8.36. The van der Waals surface area contributed by atoms with Gasteiger partial charge in [0.2, 0.25) is 0 Å². The standard InChI is InChI=1S/C41H32O5/c42-22-24-44-30-17-13-28(14-18-30)41(29-15-19-31(20-16-29)45-25-23-43)37-10-3-1-6-33(37)34-21-12-27(26-38(34)41)32-8-5-9-36-35-7-2-4-11-39(35)46-40(32)36/h1-21,26,42-43H,22-25H2. The molecule has 1 aromatic heterocycles. The van der Waals surface area contributed by atoms with Crippen molar-refractivity contribution < 1.29 is 24.1 Å². The normalized spacial score (nSPS) is 13.1.